The molecule has 1 aromatic carbocycles. The van der Waals surface area contributed by atoms with Crippen LogP contribution in [0.25, 0.3) is 0 Å². The van der Waals surface area contributed by atoms with Gasteiger partial charge in [-0.15, -0.1) is 10.2 Å². The summed E-state index contributed by atoms with van der Waals surface area (Å²) in [6.45, 7) is 6.13. The van der Waals surface area contributed by atoms with Crippen molar-refractivity contribution in [1.82, 2.24) is 14.5 Å². The number of thioether (sulfide) groups is 1. The summed E-state index contributed by atoms with van der Waals surface area (Å²) in [6, 6.07) is 4.91. The van der Waals surface area contributed by atoms with E-state index in [0.29, 0.717) is 28.7 Å². The second-order valence-corrected chi connectivity index (χ2v) is 9.07. The zero-order chi connectivity index (χ0) is 18.4. The summed E-state index contributed by atoms with van der Waals surface area (Å²) in [4.78, 5) is 12.3. The second kappa shape index (κ2) is 8.75. The molecule has 25 heavy (non-hydrogen) atoms. The molecule has 0 aliphatic heterocycles. The van der Waals surface area contributed by atoms with Crippen LogP contribution in [0.1, 0.15) is 19.4 Å². The van der Waals surface area contributed by atoms with Crippen molar-refractivity contribution >= 4 is 44.7 Å². The highest BCUT2D eigenvalue weighted by molar-refractivity contribution is 8.01. The lowest BCUT2D eigenvalue weighted by Gasteiger charge is -2.20. The van der Waals surface area contributed by atoms with Gasteiger partial charge in [0.25, 0.3) is 0 Å². The van der Waals surface area contributed by atoms with Gasteiger partial charge in [-0.05, 0) is 24.6 Å². The van der Waals surface area contributed by atoms with Gasteiger partial charge in [0, 0.05) is 18.8 Å². The van der Waals surface area contributed by atoms with E-state index in [9.17, 15) is 13.2 Å². The van der Waals surface area contributed by atoms with Gasteiger partial charge in [-0.25, -0.2) is 8.42 Å². The van der Waals surface area contributed by atoms with Crippen molar-refractivity contribution in [2.24, 2.45) is 0 Å². The molecule has 2 aromatic rings. The molecular formula is C15H20N4O3S3. The van der Waals surface area contributed by atoms with Crippen LogP contribution >= 0.6 is 23.1 Å². The van der Waals surface area contributed by atoms with Gasteiger partial charge in [0.1, 0.15) is 5.51 Å². The number of benzene rings is 1. The number of anilines is 1. The quantitative estimate of drug-likeness (QED) is 0.685. The lowest BCUT2D eigenvalue weighted by Crippen LogP contribution is -2.31. The highest BCUT2D eigenvalue weighted by Crippen LogP contribution is 2.24. The van der Waals surface area contributed by atoms with Crippen LogP contribution in [0.15, 0.2) is 32.9 Å². The Morgan fingerprint density at radius 1 is 1.32 bits per heavy atom. The van der Waals surface area contributed by atoms with Gasteiger partial charge in [-0.1, -0.05) is 43.0 Å². The Balaban J connectivity index is 2.14. The van der Waals surface area contributed by atoms with E-state index in [-0.39, 0.29) is 16.6 Å². The molecule has 1 amide bonds. The third kappa shape index (κ3) is 5.00. The van der Waals surface area contributed by atoms with E-state index in [1.54, 1.807) is 38.4 Å². The van der Waals surface area contributed by atoms with E-state index in [2.05, 4.69) is 15.5 Å². The Morgan fingerprint density at radius 2 is 2.04 bits per heavy atom. The van der Waals surface area contributed by atoms with E-state index in [1.165, 1.54) is 33.5 Å². The van der Waals surface area contributed by atoms with Crippen molar-refractivity contribution in [2.75, 3.05) is 24.2 Å². The number of amides is 1. The third-order valence-corrected chi connectivity index (χ3v) is 7.51. The topological polar surface area (TPSA) is 92.3 Å². The van der Waals surface area contributed by atoms with Gasteiger partial charge in [0.05, 0.1) is 10.6 Å². The minimum Gasteiger partial charge on any atom is -0.325 e. The number of hydrogen-bond donors (Lipinski definition) is 1. The van der Waals surface area contributed by atoms with Gasteiger partial charge in [-0.3, -0.25) is 4.79 Å². The Hall–Kier alpha value is -1.49. The van der Waals surface area contributed by atoms with Crippen molar-refractivity contribution in [2.45, 2.75) is 30.0 Å². The average Bonchev–Trinajstić information content (AvgIpc) is 3.09. The van der Waals surface area contributed by atoms with Gasteiger partial charge in [0.2, 0.25) is 15.9 Å². The smallest absolute Gasteiger partial charge is 0.243 e. The summed E-state index contributed by atoms with van der Waals surface area (Å²) < 4.78 is 27.6. The standard InChI is InChI=1S/C15H20N4O3S3/c1-4-19(5-2)25(21,22)13-8-12(7-6-11(13)3)17-14(20)9-23-15-18-16-10-24-15/h6-8,10H,4-5,9H2,1-3H3,(H,17,20). The minimum absolute atomic E-state index is 0.182. The number of carbonyl (C=O) groups is 1. The monoisotopic (exact) mass is 400 g/mol. The molecule has 0 aliphatic carbocycles. The van der Waals surface area contributed by atoms with Gasteiger partial charge >= 0.3 is 0 Å². The summed E-state index contributed by atoms with van der Waals surface area (Å²) in [6.07, 6.45) is 0. The Bertz CT molecular complexity index is 819. The Kier molecular flexibility index (Phi) is 6.94. The molecular weight excluding hydrogens is 380 g/mol. The zero-order valence-corrected chi connectivity index (χ0v) is 16.7. The summed E-state index contributed by atoms with van der Waals surface area (Å²) in [5.74, 6) is -0.0449. The Morgan fingerprint density at radius 3 is 2.64 bits per heavy atom. The normalized spacial score (nSPS) is 11.7. The van der Waals surface area contributed by atoms with E-state index in [1.807, 2.05) is 0 Å². The molecule has 0 atom stereocenters. The van der Waals surface area contributed by atoms with Crippen LogP contribution in [0.2, 0.25) is 0 Å². The molecule has 0 saturated carbocycles. The SMILES string of the molecule is CCN(CC)S(=O)(=O)c1cc(NC(=O)CSc2nncs2)ccc1C. The molecule has 0 aliphatic rings. The maximum atomic E-state index is 12.7. The van der Waals surface area contributed by atoms with Crippen molar-refractivity contribution in [3.05, 3.63) is 29.3 Å². The Labute approximate surface area is 155 Å². The molecule has 1 N–H and O–H groups in total. The zero-order valence-electron chi connectivity index (χ0n) is 14.2. The van der Waals surface area contributed by atoms with Crippen LogP contribution in [0, 0.1) is 6.92 Å². The van der Waals surface area contributed by atoms with Gasteiger partial charge < -0.3 is 5.32 Å². The molecule has 0 spiro atoms. The maximum Gasteiger partial charge on any atom is 0.243 e. The van der Waals surface area contributed by atoms with Crippen molar-refractivity contribution < 1.29 is 13.2 Å². The predicted octanol–water partition coefficient (Wildman–Crippen LogP) is 2.61. The number of carbonyl (C=O) groups excluding carboxylic acids is 1. The number of nitrogens with zero attached hydrogens (tertiary/aromatic N) is 3. The first-order valence-electron chi connectivity index (χ1n) is 7.68. The maximum absolute atomic E-state index is 12.7. The third-order valence-electron chi connectivity index (χ3n) is 3.46. The van der Waals surface area contributed by atoms with Crippen LogP contribution in [0.3, 0.4) is 0 Å². The van der Waals surface area contributed by atoms with Crippen LogP contribution < -0.4 is 5.32 Å². The molecule has 7 nitrogen and oxygen atoms in total. The van der Waals surface area contributed by atoms with Crippen LogP contribution in [0.5, 0.6) is 0 Å². The number of aryl methyl sites for hydroxylation is 1. The van der Waals surface area contributed by atoms with Crippen molar-refractivity contribution in [3.8, 4) is 0 Å². The van der Waals surface area contributed by atoms with E-state index < -0.39 is 10.0 Å². The molecule has 0 fully saturated rings. The fourth-order valence-corrected chi connectivity index (χ4v) is 5.21. The fourth-order valence-electron chi connectivity index (χ4n) is 2.21. The first-order chi connectivity index (χ1) is 11.9. The molecule has 0 saturated heterocycles. The van der Waals surface area contributed by atoms with Crippen LogP contribution in [-0.4, -0.2) is 47.7 Å². The number of rotatable bonds is 8. The molecule has 136 valence electrons. The summed E-state index contributed by atoms with van der Waals surface area (Å²) in [5, 5.41) is 10.3. The van der Waals surface area contributed by atoms with Gasteiger partial charge in [0.15, 0.2) is 4.34 Å². The molecule has 0 unspecified atom stereocenters. The van der Waals surface area contributed by atoms with Gasteiger partial charge in [-0.2, -0.15) is 4.31 Å². The number of sulfonamides is 1. The van der Waals surface area contributed by atoms with Crippen molar-refractivity contribution in [3.63, 3.8) is 0 Å². The highest BCUT2D eigenvalue weighted by atomic mass is 32.2. The number of nitrogens with one attached hydrogen (secondary N) is 1. The summed E-state index contributed by atoms with van der Waals surface area (Å²) >= 11 is 2.65. The molecule has 0 radical (unpaired) electrons. The summed E-state index contributed by atoms with van der Waals surface area (Å²) in [7, 11) is -3.58. The van der Waals surface area contributed by atoms with E-state index in [4.69, 9.17) is 0 Å². The number of aromatic nitrogens is 2. The second-order valence-electron chi connectivity index (χ2n) is 5.11. The first kappa shape index (κ1) is 19.8. The minimum atomic E-state index is -3.58. The molecule has 10 heteroatoms. The lowest BCUT2D eigenvalue weighted by molar-refractivity contribution is -0.113. The fraction of sp³-hybridized carbons (Fsp3) is 0.400. The average molecular weight is 401 g/mol. The predicted molar refractivity (Wildman–Crippen MR) is 101 cm³/mol. The summed E-state index contributed by atoms with van der Waals surface area (Å²) in [5.41, 5.74) is 2.71. The van der Waals surface area contributed by atoms with E-state index >= 15 is 0 Å². The van der Waals surface area contributed by atoms with Crippen molar-refractivity contribution in [1.29, 1.82) is 0 Å². The van der Waals surface area contributed by atoms with E-state index in [0.717, 1.165) is 0 Å². The molecule has 0 bridgehead atoms. The highest BCUT2D eigenvalue weighted by Gasteiger charge is 2.24. The first-order valence-corrected chi connectivity index (χ1v) is 11.0. The largest absolute Gasteiger partial charge is 0.325 e. The number of hydrogen-bond acceptors (Lipinski definition) is 7. The molecule has 1 aromatic heterocycles. The lowest BCUT2D eigenvalue weighted by atomic mass is 10.2. The molecule has 1 heterocycles. The molecule has 2 rings (SSSR count). The van der Waals surface area contributed by atoms with Crippen LogP contribution in [0.4, 0.5) is 5.69 Å². The van der Waals surface area contributed by atoms with Crippen LogP contribution in [-0.2, 0) is 14.8 Å².